The van der Waals surface area contributed by atoms with Crippen LogP contribution in [0.2, 0.25) is 0 Å². The number of benzene rings is 1. The summed E-state index contributed by atoms with van der Waals surface area (Å²) in [5.74, 6) is 0.685. The summed E-state index contributed by atoms with van der Waals surface area (Å²) in [7, 11) is 0. The van der Waals surface area contributed by atoms with E-state index < -0.39 is 0 Å². The van der Waals surface area contributed by atoms with E-state index in [-0.39, 0.29) is 0 Å². The van der Waals surface area contributed by atoms with Gasteiger partial charge in [0.15, 0.2) is 0 Å². The Balaban J connectivity index is 1.75. The Bertz CT molecular complexity index is 755. The zero-order valence-electron chi connectivity index (χ0n) is 12.7. The molecule has 3 nitrogen and oxygen atoms in total. The highest BCUT2D eigenvalue weighted by Gasteiger charge is 2.19. The van der Waals surface area contributed by atoms with Crippen molar-refractivity contribution in [1.82, 2.24) is 14.9 Å². The van der Waals surface area contributed by atoms with Crippen molar-refractivity contribution >= 4 is 10.9 Å². The fraction of sp³-hybridized carbons (Fsp3) is 0.316. The van der Waals surface area contributed by atoms with Gasteiger partial charge in [-0.1, -0.05) is 18.2 Å². The molecule has 0 bridgehead atoms. The molecule has 1 fully saturated rings. The van der Waals surface area contributed by atoms with Gasteiger partial charge >= 0.3 is 0 Å². The van der Waals surface area contributed by atoms with E-state index in [1.165, 1.54) is 34.9 Å². The quantitative estimate of drug-likeness (QED) is 0.800. The molecular weight excluding hydrogens is 270 g/mol. The number of nitrogens with one attached hydrogen (secondary N) is 1. The first kappa shape index (κ1) is 13.5. The summed E-state index contributed by atoms with van der Waals surface area (Å²) < 4.78 is 2.39. The molecule has 1 aromatic carbocycles. The Kier molecular flexibility index (Phi) is 3.65. The highest BCUT2D eigenvalue weighted by molar-refractivity contribution is 5.84. The van der Waals surface area contributed by atoms with Crippen molar-refractivity contribution in [3.05, 3.63) is 66.1 Å². The monoisotopic (exact) mass is 291 g/mol. The van der Waals surface area contributed by atoms with Gasteiger partial charge in [0.1, 0.15) is 0 Å². The molecule has 3 aromatic rings. The van der Waals surface area contributed by atoms with Gasteiger partial charge in [0, 0.05) is 36.0 Å². The minimum atomic E-state index is 0.685. The molecule has 0 amide bonds. The number of pyridine rings is 1. The molecule has 22 heavy (non-hydrogen) atoms. The lowest BCUT2D eigenvalue weighted by Crippen LogP contribution is -2.26. The molecule has 0 spiro atoms. The van der Waals surface area contributed by atoms with Gasteiger partial charge in [-0.2, -0.15) is 0 Å². The summed E-state index contributed by atoms with van der Waals surface area (Å²) in [4.78, 5) is 4.11. The molecule has 1 aliphatic heterocycles. The Hall–Kier alpha value is -2.13. The number of hydrogen-bond donors (Lipinski definition) is 1. The Labute approximate surface area is 131 Å². The molecule has 112 valence electrons. The van der Waals surface area contributed by atoms with E-state index in [4.69, 9.17) is 0 Å². The Morgan fingerprint density at radius 1 is 1.05 bits per heavy atom. The fourth-order valence-electron chi connectivity index (χ4n) is 3.55. The van der Waals surface area contributed by atoms with Crippen molar-refractivity contribution in [1.29, 1.82) is 0 Å². The second-order valence-electron chi connectivity index (χ2n) is 6.11. The maximum atomic E-state index is 4.11. The zero-order chi connectivity index (χ0) is 14.8. The van der Waals surface area contributed by atoms with Crippen molar-refractivity contribution in [2.75, 3.05) is 13.1 Å². The molecule has 1 aliphatic rings. The van der Waals surface area contributed by atoms with E-state index in [1.807, 2.05) is 12.4 Å². The summed E-state index contributed by atoms with van der Waals surface area (Å²) >= 11 is 0. The van der Waals surface area contributed by atoms with E-state index in [0.717, 1.165) is 19.6 Å². The van der Waals surface area contributed by atoms with Crippen molar-refractivity contribution in [2.24, 2.45) is 0 Å². The predicted molar refractivity (Wildman–Crippen MR) is 90.1 cm³/mol. The third-order valence-corrected chi connectivity index (χ3v) is 4.70. The van der Waals surface area contributed by atoms with Crippen LogP contribution in [0, 0.1) is 0 Å². The van der Waals surface area contributed by atoms with Gasteiger partial charge in [0.2, 0.25) is 0 Å². The maximum Gasteiger partial charge on any atom is 0.0486 e. The molecule has 0 saturated carbocycles. The number of hydrogen-bond acceptors (Lipinski definition) is 2. The van der Waals surface area contributed by atoms with Crippen LogP contribution >= 0.6 is 0 Å². The molecule has 3 heteroatoms. The van der Waals surface area contributed by atoms with Gasteiger partial charge < -0.3 is 9.88 Å². The summed E-state index contributed by atoms with van der Waals surface area (Å²) in [5, 5.41) is 4.89. The van der Waals surface area contributed by atoms with Gasteiger partial charge in [-0.15, -0.1) is 0 Å². The van der Waals surface area contributed by atoms with Crippen LogP contribution < -0.4 is 5.32 Å². The normalized spacial score (nSPS) is 16.2. The third kappa shape index (κ3) is 2.53. The van der Waals surface area contributed by atoms with E-state index in [0.29, 0.717) is 5.92 Å². The Morgan fingerprint density at radius 3 is 2.64 bits per heavy atom. The van der Waals surface area contributed by atoms with Crippen LogP contribution in [0.1, 0.15) is 29.9 Å². The lowest BCUT2D eigenvalue weighted by atomic mass is 9.90. The van der Waals surface area contributed by atoms with Gasteiger partial charge in [0.05, 0.1) is 0 Å². The van der Waals surface area contributed by atoms with Gasteiger partial charge in [-0.3, -0.25) is 4.98 Å². The first-order valence-electron chi connectivity index (χ1n) is 8.09. The van der Waals surface area contributed by atoms with Crippen molar-refractivity contribution in [2.45, 2.75) is 25.3 Å². The molecule has 2 aromatic heterocycles. The van der Waals surface area contributed by atoms with Crippen molar-refractivity contribution in [3.63, 3.8) is 0 Å². The van der Waals surface area contributed by atoms with Crippen LogP contribution in [0.5, 0.6) is 0 Å². The lowest BCUT2D eigenvalue weighted by molar-refractivity contribution is 0.461. The predicted octanol–water partition coefficient (Wildman–Crippen LogP) is 3.55. The van der Waals surface area contributed by atoms with Crippen LogP contribution in [0.4, 0.5) is 0 Å². The molecule has 0 radical (unpaired) electrons. The largest absolute Gasteiger partial charge is 0.343 e. The number of piperidine rings is 1. The number of para-hydroxylation sites is 1. The summed E-state index contributed by atoms with van der Waals surface area (Å²) in [6.45, 7) is 3.18. The topological polar surface area (TPSA) is 29.9 Å². The Morgan fingerprint density at radius 2 is 1.82 bits per heavy atom. The average Bonchev–Trinajstić information content (AvgIpc) is 2.96. The molecule has 1 saturated heterocycles. The standard InChI is InChI=1S/C19H21N3/c1-2-4-19-17(3-1)18(16-7-11-21-12-8-16)14-22(19)13-15-5-9-20-10-6-15/h1-6,9-10,14,16,21H,7-8,11-13H2. The van der Waals surface area contributed by atoms with Crippen LogP contribution in [0.3, 0.4) is 0 Å². The van der Waals surface area contributed by atoms with E-state index in [9.17, 15) is 0 Å². The summed E-state index contributed by atoms with van der Waals surface area (Å²) in [6, 6.07) is 13.0. The molecule has 4 rings (SSSR count). The first-order valence-corrected chi connectivity index (χ1v) is 8.09. The van der Waals surface area contributed by atoms with Crippen LogP contribution in [-0.4, -0.2) is 22.6 Å². The maximum absolute atomic E-state index is 4.11. The number of fused-ring (bicyclic) bond motifs is 1. The summed E-state index contributed by atoms with van der Waals surface area (Å²) in [6.07, 6.45) is 8.59. The number of nitrogens with zero attached hydrogens (tertiary/aromatic N) is 2. The SMILES string of the molecule is c1ccc2c(c1)c(C1CCNCC1)cn2Cc1ccncc1. The second kappa shape index (κ2) is 5.93. The first-order chi connectivity index (χ1) is 10.9. The molecule has 0 aliphatic carbocycles. The minimum Gasteiger partial charge on any atom is -0.343 e. The summed E-state index contributed by atoms with van der Waals surface area (Å²) in [5.41, 5.74) is 4.16. The van der Waals surface area contributed by atoms with Crippen molar-refractivity contribution < 1.29 is 0 Å². The van der Waals surface area contributed by atoms with Gasteiger partial charge in [-0.05, 0) is 61.2 Å². The highest BCUT2D eigenvalue weighted by Crippen LogP contribution is 2.33. The van der Waals surface area contributed by atoms with Gasteiger partial charge in [0.25, 0.3) is 0 Å². The van der Waals surface area contributed by atoms with Crippen LogP contribution in [-0.2, 0) is 6.54 Å². The van der Waals surface area contributed by atoms with Gasteiger partial charge in [-0.25, -0.2) is 0 Å². The molecule has 1 N–H and O–H groups in total. The highest BCUT2D eigenvalue weighted by atomic mass is 15.0. The molecule has 3 heterocycles. The van der Waals surface area contributed by atoms with E-state index in [1.54, 1.807) is 0 Å². The lowest BCUT2D eigenvalue weighted by Gasteiger charge is -2.22. The molecule has 0 unspecified atom stereocenters. The third-order valence-electron chi connectivity index (χ3n) is 4.70. The van der Waals surface area contributed by atoms with E-state index in [2.05, 4.69) is 57.5 Å². The zero-order valence-corrected chi connectivity index (χ0v) is 12.7. The minimum absolute atomic E-state index is 0.685. The van der Waals surface area contributed by atoms with E-state index >= 15 is 0 Å². The number of rotatable bonds is 3. The average molecular weight is 291 g/mol. The molecule has 0 atom stereocenters. The smallest absolute Gasteiger partial charge is 0.0486 e. The van der Waals surface area contributed by atoms with Crippen molar-refractivity contribution in [3.8, 4) is 0 Å². The number of aromatic nitrogens is 2. The fourth-order valence-corrected chi connectivity index (χ4v) is 3.55. The van der Waals surface area contributed by atoms with Crippen LogP contribution in [0.15, 0.2) is 55.0 Å². The molecular formula is C19H21N3. The second-order valence-corrected chi connectivity index (χ2v) is 6.11. The van der Waals surface area contributed by atoms with Crippen LogP contribution in [0.25, 0.3) is 10.9 Å².